The van der Waals surface area contributed by atoms with E-state index in [1.165, 1.54) is 25.7 Å². The molecule has 1 aromatic carbocycles. The minimum Gasteiger partial charge on any atom is -0.324 e. The van der Waals surface area contributed by atoms with Crippen molar-refractivity contribution in [3.63, 3.8) is 0 Å². The molecule has 1 N–H and O–H groups in total. The largest absolute Gasteiger partial charge is 0.324 e. The van der Waals surface area contributed by atoms with Crippen LogP contribution >= 0.6 is 23.2 Å². The molecule has 112 valence electrons. The second kappa shape index (κ2) is 4.89. The summed E-state index contributed by atoms with van der Waals surface area (Å²) in [5, 5.41) is 4.19. The predicted molar refractivity (Wildman–Crippen MR) is 85.7 cm³/mol. The Hall–Kier alpha value is -0.730. The zero-order chi connectivity index (χ0) is 14.6. The Morgan fingerprint density at radius 2 is 2.00 bits per heavy atom. The molecule has 3 saturated carbocycles. The van der Waals surface area contributed by atoms with Crippen LogP contribution in [0.15, 0.2) is 18.2 Å². The van der Waals surface area contributed by atoms with Crippen LogP contribution in [0, 0.1) is 23.2 Å². The molecule has 0 radical (unpaired) electrons. The SMILES string of the molecule is O=C(Nc1ccc(Cl)cc1Cl)[C@@]12CC[C@H]3C[C@H](CC1)[C@H]2C3. The number of rotatable bonds is 2. The van der Waals surface area contributed by atoms with Crippen LogP contribution in [0.2, 0.25) is 10.0 Å². The number of anilines is 1. The summed E-state index contributed by atoms with van der Waals surface area (Å²) in [6, 6.07) is 5.25. The van der Waals surface area contributed by atoms with E-state index < -0.39 is 0 Å². The summed E-state index contributed by atoms with van der Waals surface area (Å²) in [5.74, 6) is 2.44. The third-order valence-corrected chi connectivity index (χ3v) is 6.64. The molecule has 0 aromatic heterocycles. The Kier molecular flexibility index (Phi) is 3.24. The number of hydrogen-bond donors (Lipinski definition) is 1. The lowest BCUT2D eigenvalue weighted by Crippen LogP contribution is -2.41. The van der Waals surface area contributed by atoms with Gasteiger partial charge < -0.3 is 5.32 Å². The van der Waals surface area contributed by atoms with Gasteiger partial charge in [-0.1, -0.05) is 23.2 Å². The summed E-state index contributed by atoms with van der Waals surface area (Å²) in [7, 11) is 0. The van der Waals surface area contributed by atoms with Crippen LogP contribution in [-0.4, -0.2) is 5.91 Å². The summed E-state index contributed by atoms with van der Waals surface area (Å²) in [6.45, 7) is 0. The van der Waals surface area contributed by atoms with E-state index in [9.17, 15) is 4.79 Å². The second-order valence-corrected chi connectivity index (χ2v) is 7.86. The van der Waals surface area contributed by atoms with E-state index in [-0.39, 0.29) is 11.3 Å². The Bertz CT molecular complexity index is 602. The molecule has 1 aromatic rings. The Morgan fingerprint density at radius 3 is 2.81 bits per heavy atom. The number of nitrogens with one attached hydrogen (secondary N) is 1. The van der Waals surface area contributed by atoms with Gasteiger partial charge in [0.05, 0.1) is 16.1 Å². The van der Waals surface area contributed by atoms with Crippen LogP contribution in [0.4, 0.5) is 5.69 Å². The standard InChI is InChI=1S/C17H19Cl2NO/c18-12-1-2-15(14(19)9-12)20-16(21)17-5-3-10-7-11(4-6-17)13(17)8-10/h1-2,9-11,13H,3-8H2,(H,20,21)/t10-,11-,13+,17-/m0/s1. The van der Waals surface area contributed by atoms with Gasteiger partial charge in [0.25, 0.3) is 0 Å². The van der Waals surface area contributed by atoms with Crippen molar-refractivity contribution in [2.45, 2.75) is 38.5 Å². The van der Waals surface area contributed by atoms with E-state index in [1.807, 2.05) is 0 Å². The molecule has 0 saturated heterocycles. The first kappa shape index (κ1) is 13.9. The molecule has 3 fully saturated rings. The van der Waals surface area contributed by atoms with E-state index in [0.29, 0.717) is 21.7 Å². The maximum absolute atomic E-state index is 13.0. The lowest BCUT2D eigenvalue weighted by atomic mass is 9.67. The third-order valence-electron chi connectivity index (χ3n) is 6.09. The molecule has 0 aliphatic heterocycles. The van der Waals surface area contributed by atoms with Gasteiger partial charge >= 0.3 is 0 Å². The van der Waals surface area contributed by atoms with Crippen molar-refractivity contribution >= 4 is 34.8 Å². The number of carbonyl (C=O) groups is 1. The van der Waals surface area contributed by atoms with Gasteiger partial charge in [-0.3, -0.25) is 4.79 Å². The van der Waals surface area contributed by atoms with E-state index in [4.69, 9.17) is 23.2 Å². The fourth-order valence-corrected chi connectivity index (χ4v) is 5.56. The summed E-state index contributed by atoms with van der Waals surface area (Å²) < 4.78 is 0. The average Bonchev–Trinajstić information content (AvgIpc) is 2.96. The topological polar surface area (TPSA) is 29.1 Å². The average molecular weight is 324 g/mol. The second-order valence-electron chi connectivity index (χ2n) is 7.02. The molecule has 0 spiro atoms. The molecule has 1 amide bonds. The van der Waals surface area contributed by atoms with Gasteiger partial charge in [0.15, 0.2) is 0 Å². The summed E-state index contributed by atoms with van der Waals surface area (Å²) >= 11 is 12.1. The molecule has 0 unspecified atom stereocenters. The molecule has 2 nitrogen and oxygen atoms in total. The number of benzene rings is 1. The molecule has 21 heavy (non-hydrogen) atoms. The molecule has 4 heteroatoms. The molecular formula is C17H19Cl2NO. The highest BCUT2D eigenvalue weighted by Gasteiger charge is 2.59. The van der Waals surface area contributed by atoms with Gasteiger partial charge in [0, 0.05) is 5.02 Å². The van der Waals surface area contributed by atoms with E-state index in [2.05, 4.69) is 5.32 Å². The first-order chi connectivity index (χ1) is 10.1. The van der Waals surface area contributed by atoms with Crippen LogP contribution in [0.1, 0.15) is 38.5 Å². The van der Waals surface area contributed by atoms with Crippen LogP contribution in [0.5, 0.6) is 0 Å². The van der Waals surface area contributed by atoms with Crippen LogP contribution < -0.4 is 5.32 Å². The zero-order valence-corrected chi connectivity index (χ0v) is 13.4. The van der Waals surface area contributed by atoms with E-state index >= 15 is 0 Å². The molecule has 3 aliphatic carbocycles. The highest BCUT2D eigenvalue weighted by Crippen LogP contribution is 2.63. The molecule has 0 heterocycles. The summed E-state index contributed by atoms with van der Waals surface area (Å²) in [6.07, 6.45) is 7.15. The zero-order valence-electron chi connectivity index (χ0n) is 11.9. The summed E-state index contributed by atoms with van der Waals surface area (Å²) in [4.78, 5) is 13.0. The van der Waals surface area contributed by atoms with E-state index in [1.54, 1.807) is 18.2 Å². The fraction of sp³-hybridized carbons (Fsp3) is 0.588. The van der Waals surface area contributed by atoms with Crippen molar-refractivity contribution in [2.75, 3.05) is 5.32 Å². The summed E-state index contributed by atoms with van der Waals surface area (Å²) in [5.41, 5.74) is 0.546. The van der Waals surface area contributed by atoms with Gasteiger partial charge in [-0.15, -0.1) is 0 Å². The van der Waals surface area contributed by atoms with Crippen LogP contribution in [-0.2, 0) is 4.79 Å². The molecule has 3 aliphatic rings. The number of amides is 1. The van der Waals surface area contributed by atoms with Gasteiger partial charge in [0.2, 0.25) is 5.91 Å². The minimum atomic E-state index is -0.138. The molecular weight excluding hydrogens is 305 g/mol. The lowest BCUT2D eigenvalue weighted by molar-refractivity contribution is -0.129. The normalized spacial score (nSPS) is 36.8. The van der Waals surface area contributed by atoms with Crippen LogP contribution in [0.25, 0.3) is 0 Å². The van der Waals surface area contributed by atoms with Gasteiger partial charge in [-0.05, 0) is 74.5 Å². The predicted octanol–water partition coefficient (Wildman–Crippen LogP) is 5.15. The maximum Gasteiger partial charge on any atom is 0.230 e. The van der Waals surface area contributed by atoms with Crippen molar-refractivity contribution in [1.29, 1.82) is 0 Å². The first-order valence-corrected chi connectivity index (χ1v) is 8.60. The van der Waals surface area contributed by atoms with Gasteiger partial charge in [0.1, 0.15) is 0 Å². The highest BCUT2D eigenvalue weighted by molar-refractivity contribution is 6.36. The van der Waals surface area contributed by atoms with Crippen molar-refractivity contribution in [2.24, 2.45) is 23.2 Å². The number of halogens is 2. The number of carbonyl (C=O) groups excluding carboxylic acids is 1. The fourth-order valence-electron chi connectivity index (χ4n) is 5.11. The van der Waals surface area contributed by atoms with E-state index in [0.717, 1.165) is 24.7 Å². The Balaban J connectivity index is 1.60. The number of hydrogen-bond acceptors (Lipinski definition) is 1. The Morgan fingerprint density at radius 1 is 1.19 bits per heavy atom. The van der Waals surface area contributed by atoms with Crippen molar-refractivity contribution in [3.8, 4) is 0 Å². The lowest BCUT2D eigenvalue weighted by Gasteiger charge is -2.38. The van der Waals surface area contributed by atoms with Crippen molar-refractivity contribution < 1.29 is 4.79 Å². The van der Waals surface area contributed by atoms with Crippen molar-refractivity contribution in [1.82, 2.24) is 0 Å². The highest BCUT2D eigenvalue weighted by atomic mass is 35.5. The van der Waals surface area contributed by atoms with Gasteiger partial charge in [-0.25, -0.2) is 0 Å². The van der Waals surface area contributed by atoms with Gasteiger partial charge in [-0.2, -0.15) is 0 Å². The molecule has 4 atom stereocenters. The Labute approximate surface area is 135 Å². The maximum atomic E-state index is 13.0. The molecule has 2 bridgehead atoms. The third kappa shape index (κ3) is 2.10. The monoisotopic (exact) mass is 323 g/mol. The smallest absolute Gasteiger partial charge is 0.230 e. The quantitative estimate of drug-likeness (QED) is 0.801. The van der Waals surface area contributed by atoms with Crippen LogP contribution in [0.3, 0.4) is 0 Å². The first-order valence-electron chi connectivity index (χ1n) is 7.85. The minimum absolute atomic E-state index is 0.138. The molecule has 4 rings (SSSR count). The van der Waals surface area contributed by atoms with Crippen molar-refractivity contribution in [3.05, 3.63) is 28.2 Å². The number of fused-ring (bicyclic) bond motifs is 1.